The van der Waals surface area contributed by atoms with Crippen LogP contribution in [0.15, 0.2) is 24.3 Å². The van der Waals surface area contributed by atoms with E-state index in [0.29, 0.717) is 17.9 Å². The standard InChI is InChI=1S/C10H9BrO2/c11-8-5-6-13-9-4-2-1-3-7(9)10(8)12/h1-4,8H,5-6H2/t8-/m1/s1. The first-order valence-electron chi connectivity index (χ1n) is 4.19. The average molecular weight is 241 g/mol. The molecule has 0 unspecified atom stereocenters. The minimum atomic E-state index is -0.101. The Kier molecular flexibility index (Phi) is 2.36. The first-order valence-corrected chi connectivity index (χ1v) is 5.11. The Morgan fingerprint density at radius 1 is 1.38 bits per heavy atom. The molecule has 3 heteroatoms. The molecule has 0 amide bonds. The van der Waals surface area contributed by atoms with E-state index in [1.165, 1.54) is 0 Å². The van der Waals surface area contributed by atoms with Gasteiger partial charge in [0, 0.05) is 6.42 Å². The van der Waals surface area contributed by atoms with Gasteiger partial charge in [-0.15, -0.1) is 0 Å². The van der Waals surface area contributed by atoms with Gasteiger partial charge in [0.15, 0.2) is 5.78 Å². The summed E-state index contributed by atoms with van der Waals surface area (Å²) in [6.07, 6.45) is 0.730. The Morgan fingerprint density at radius 2 is 2.15 bits per heavy atom. The number of carbonyl (C=O) groups excluding carboxylic acids is 1. The van der Waals surface area contributed by atoms with E-state index in [9.17, 15) is 4.79 Å². The predicted molar refractivity (Wildman–Crippen MR) is 53.6 cm³/mol. The molecule has 0 spiro atoms. The third-order valence-corrected chi connectivity index (χ3v) is 2.94. The van der Waals surface area contributed by atoms with Gasteiger partial charge in [-0.05, 0) is 12.1 Å². The van der Waals surface area contributed by atoms with Crippen LogP contribution in [0.1, 0.15) is 16.8 Å². The van der Waals surface area contributed by atoms with E-state index < -0.39 is 0 Å². The zero-order valence-corrected chi connectivity index (χ0v) is 8.58. The summed E-state index contributed by atoms with van der Waals surface area (Å²) in [5.41, 5.74) is 0.682. The Bertz CT molecular complexity index is 335. The molecular formula is C10H9BrO2. The van der Waals surface area contributed by atoms with Crippen LogP contribution in [0, 0.1) is 0 Å². The fourth-order valence-corrected chi connectivity index (χ4v) is 1.80. The van der Waals surface area contributed by atoms with E-state index >= 15 is 0 Å². The molecule has 1 aromatic rings. The second-order valence-electron chi connectivity index (χ2n) is 2.97. The minimum Gasteiger partial charge on any atom is -0.493 e. The van der Waals surface area contributed by atoms with Crippen LogP contribution in [0.5, 0.6) is 5.75 Å². The fraction of sp³-hybridized carbons (Fsp3) is 0.300. The number of halogens is 1. The molecule has 0 fully saturated rings. The van der Waals surface area contributed by atoms with Gasteiger partial charge >= 0.3 is 0 Å². The highest BCUT2D eigenvalue weighted by atomic mass is 79.9. The number of para-hydroxylation sites is 1. The second-order valence-corrected chi connectivity index (χ2v) is 4.07. The van der Waals surface area contributed by atoms with Crippen molar-refractivity contribution >= 4 is 21.7 Å². The van der Waals surface area contributed by atoms with Crippen LogP contribution in [0.4, 0.5) is 0 Å². The molecule has 1 atom stereocenters. The maximum absolute atomic E-state index is 11.7. The highest BCUT2D eigenvalue weighted by molar-refractivity contribution is 9.10. The Balaban J connectivity index is 2.46. The highest BCUT2D eigenvalue weighted by Gasteiger charge is 2.23. The molecular weight excluding hydrogens is 232 g/mol. The number of benzene rings is 1. The van der Waals surface area contributed by atoms with E-state index in [4.69, 9.17) is 4.74 Å². The smallest absolute Gasteiger partial charge is 0.180 e. The molecule has 1 heterocycles. The molecule has 13 heavy (non-hydrogen) atoms. The number of hydrogen-bond acceptors (Lipinski definition) is 2. The van der Waals surface area contributed by atoms with Crippen LogP contribution in [-0.2, 0) is 0 Å². The molecule has 0 aromatic heterocycles. The SMILES string of the molecule is O=C1c2ccccc2OCC[C@H]1Br. The van der Waals surface area contributed by atoms with Crippen LogP contribution < -0.4 is 4.74 Å². The lowest BCUT2D eigenvalue weighted by Gasteiger charge is -2.04. The molecule has 68 valence electrons. The lowest BCUT2D eigenvalue weighted by atomic mass is 10.1. The molecule has 1 aliphatic rings. The molecule has 2 nitrogen and oxygen atoms in total. The van der Waals surface area contributed by atoms with Crippen molar-refractivity contribution in [3.8, 4) is 5.75 Å². The zero-order valence-electron chi connectivity index (χ0n) is 7.00. The fourth-order valence-electron chi connectivity index (χ4n) is 1.37. The molecule has 0 N–H and O–H groups in total. The number of rotatable bonds is 0. The first kappa shape index (κ1) is 8.75. The number of Topliss-reactive ketones (excluding diaryl/α,β-unsaturated/α-hetero) is 1. The van der Waals surface area contributed by atoms with E-state index in [1.54, 1.807) is 6.07 Å². The van der Waals surface area contributed by atoms with Crippen LogP contribution in [0.25, 0.3) is 0 Å². The molecule has 0 radical (unpaired) electrons. The zero-order chi connectivity index (χ0) is 9.26. The number of hydrogen-bond donors (Lipinski definition) is 0. The summed E-state index contributed by atoms with van der Waals surface area (Å²) in [4.78, 5) is 11.6. The van der Waals surface area contributed by atoms with Gasteiger partial charge in [-0.1, -0.05) is 28.1 Å². The van der Waals surface area contributed by atoms with Crippen molar-refractivity contribution in [3.63, 3.8) is 0 Å². The minimum absolute atomic E-state index is 0.101. The van der Waals surface area contributed by atoms with Gasteiger partial charge < -0.3 is 4.74 Å². The average Bonchev–Trinajstić information content (AvgIpc) is 2.29. The number of carbonyl (C=O) groups is 1. The molecule has 0 bridgehead atoms. The lowest BCUT2D eigenvalue weighted by molar-refractivity contribution is 0.0991. The van der Waals surface area contributed by atoms with Crippen molar-refractivity contribution < 1.29 is 9.53 Å². The number of fused-ring (bicyclic) bond motifs is 1. The number of ether oxygens (including phenoxy) is 1. The van der Waals surface area contributed by atoms with E-state index in [-0.39, 0.29) is 10.6 Å². The third kappa shape index (κ3) is 1.61. The van der Waals surface area contributed by atoms with Gasteiger partial charge in [-0.25, -0.2) is 0 Å². The molecule has 1 aliphatic heterocycles. The van der Waals surface area contributed by atoms with Crippen molar-refractivity contribution in [2.24, 2.45) is 0 Å². The summed E-state index contributed by atoms with van der Waals surface area (Å²) in [6.45, 7) is 0.596. The third-order valence-electron chi connectivity index (χ3n) is 2.07. The van der Waals surface area contributed by atoms with E-state index in [2.05, 4.69) is 15.9 Å². The lowest BCUT2D eigenvalue weighted by Crippen LogP contribution is -2.12. The first-order chi connectivity index (χ1) is 6.29. The normalized spacial score (nSPS) is 21.6. The molecule has 0 saturated carbocycles. The van der Waals surface area contributed by atoms with Crippen LogP contribution in [0.2, 0.25) is 0 Å². The maximum Gasteiger partial charge on any atom is 0.180 e. The monoisotopic (exact) mass is 240 g/mol. The quantitative estimate of drug-likeness (QED) is 0.652. The van der Waals surface area contributed by atoms with Crippen molar-refractivity contribution in [1.29, 1.82) is 0 Å². The predicted octanol–water partition coefficient (Wildman–Crippen LogP) is 2.42. The van der Waals surface area contributed by atoms with Gasteiger partial charge in [0.1, 0.15) is 5.75 Å². The Labute approximate surface area is 85.0 Å². The Hall–Kier alpha value is -0.830. The molecule has 2 rings (SSSR count). The molecule has 0 aliphatic carbocycles. The summed E-state index contributed by atoms with van der Waals surface area (Å²) >= 11 is 3.34. The van der Waals surface area contributed by atoms with Gasteiger partial charge in [0.2, 0.25) is 0 Å². The number of ketones is 1. The van der Waals surface area contributed by atoms with Crippen molar-refractivity contribution in [3.05, 3.63) is 29.8 Å². The maximum atomic E-state index is 11.7. The van der Waals surface area contributed by atoms with Gasteiger partial charge in [-0.3, -0.25) is 4.79 Å². The summed E-state index contributed by atoms with van der Waals surface area (Å²) in [5.74, 6) is 0.822. The van der Waals surface area contributed by atoms with Crippen LogP contribution in [0.3, 0.4) is 0 Å². The largest absolute Gasteiger partial charge is 0.493 e. The van der Waals surface area contributed by atoms with Gasteiger partial charge in [0.25, 0.3) is 0 Å². The highest BCUT2D eigenvalue weighted by Crippen LogP contribution is 2.26. The second kappa shape index (κ2) is 3.50. The van der Waals surface area contributed by atoms with Crippen molar-refractivity contribution in [2.45, 2.75) is 11.2 Å². The molecule has 0 saturated heterocycles. The summed E-state index contributed by atoms with van der Waals surface area (Å²) in [5, 5.41) is 0. The van der Waals surface area contributed by atoms with Crippen LogP contribution in [-0.4, -0.2) is 17.2 Å². The van der Waals surface area contributed by atoms with E-state index in [0.717, 1.165) is 6.42 Å². The summed E-state index contributed by atoms with van der Waals surface area (Å²) < 4.78 is 5.44. The van der Waals surface area contributed by atoms with Gasteiger partial charge in [-0.2, -0.15) is 0 Å². The number of alkyl halides is 1. The topological polar surface area (TPSA) is 26.3 Å². The van der Waals surface area contributed by atoms with E-state index in [1.807, 2.05) is 18.2 Å². The molecule has 1 aromatic carbocycles. The Morgan fingerprint density at radius 3 is 3.00 bits per heavy atom. The van der Waals surface area contributed by atoms with Gasteiger partial charge in [0.05, 0.1) is 17.0 Å². The van der Waals surface area contributed by atoms with Crippen molar-refractivity contribution in [1.82, 2.24) is 0 Å². The summed E-state index contributed by atoms with van der Waals surface area (Å²) in [7, 11) is 0. The van der Waals surface area contributed by atoms with Crippen LogP contribution >= 0.6 is 15.9 Å². The van der Waals surface area contributed by atoms with Crippen molar-refractivity contribution in [2.75, 3.05) is 6.61 Å². The summed E-state index contributed by atoms with van der Waals surface area (Å²) in [6, 6.07) is 7.36.